The molecule has 0 radical (unpaired) electrons. The van der Waals surface area contributed by atoms with Gasteiger partial charge in [0.25, 0.3) is 0 Å². The monoisotopic (exact) mass is 531 g/mol. The van der Waals surface area contributed by atoms with E-state index in [-0.39, 0.29) is 12.1 Å². The number of hydrogen-bond donors (Lipinski definition) is 2. The molecule has 7 heteroatoms. The Hall–Kier alpha value is -3.16. The maximum Gasteiger partial charge on any atom is 0.170 e. The zero-order valence-corrected chi connectivity index (χ0v) is 21.0. The number of hydrogen-bond acceptors (Lipinski definition) is 3. The highest BCUT2D eigenvalue weighted by Gasteiger charge is 2.40. The van der Waals surface area contributed by atoms with Crippen LogP contribution in [0.25, 0.3) is 5.69 Å². The number of para-hydroxylation sites is 1. The fourth-order valence-electron chi connectivity index (χ4n) is 4.50. The first-order valence-electron chi connectivity index (χ1n) is 11.4. The number of aromatic nitrogens is 2. The summed E-state index contributed by atoms with van der Waals surface area (Å²) in [5.41, 5.74) is 4.41. The van der Waals surface area contributed by atoms with Crippen molar-refractivity contribution in [3.63, 3.8) is 0 Å². The normalized spacial score (nSPS) is 17.6. The summed E-state index contributed by atoms with van der Waals surface area (Å²) in [5.74, 6) is 0. The number of rotatable bonds is 8. The van der Waals surface area contributed by atoms with Crippen LogP contribution in [0.4, 0.5) is 5.69 Å². The maximum absolute atomic E-state index is 5.84. The average Bonchev–Trinajstić information content (AvgIpc) is 3.47. The fourth-order valence-corrected chi connectivity index (χ4v) is 5.22. The van der Waals surface area contributed by atoms with Crippen molar-refractivity contribution >= 4 is 38.9 Å². The number of anilines is 1. The largest absolute Gasteiger partial charge is 0.385 e. The second-order valence-electron chi connectivity index (χ2n) is 8.25. The molecule has 1 aliphatic rings. The van der Waals surface area contributed by atoms with Crippen molar-refractivity contribution in [1.29, 1.82) is 0 Å². The van der Waals surface area contributed by atoms with Crippen LogP contribution in [0.5, 0.6) is 0 Å². The molecule has 172 valence electrons. The van der Waals surface area contributed by atoms with Crippen LogP contribution < -0.4 is 10.6 Å². The highest BCUT2D eigenvalue weighted by Crippen LogP contribution is 2.39. The van der Waals surface area contributed by atoms with Crippen molar-refractivity contribution in [3.8, 4) is 5.69 Å². The molecular weight excluding hydrogens is 506 g/mol. The van der Waals surface area contributed by atoms with Gasteiger partial charge in [0.15, 0.2) is 5.11 Å². The van der Waals surface area contributed by atoms with E-state index in [4.69, 9.17) is 12.2 Å². The van der Waals surface area contributed by atoms with Crippen LogP contribution >= 0.6 is 28.1 Å². The molecule has 2 atom stereocenters. The number of nitrogens with one attached hydrogen (secondary N) is 2. The smallest absolute Gasteiger partial charge is 0.170 e. The van der Waals surface area contributed by atoms with Crippen LogP contribution in [-0.2, 0) is 0 Å². The summed E-state index contributed by atoms with van der Waals surface area (Å²) in [5, 5.41) is 7.83. The molecule has 1 fully saturated rings. The van der Waals surface area contributed by atoms with E-state index < -0.39 is 0 Å². The molecule has 0 bridgehead atoms. The second-order valence-corrected chi connectivity index (χ2v) is 9.55. The van der Waals surface area contributed by atoms with E-state index in [9.17, 15) is 0 Å². The van der Waals surface area contributed by atoms with Gasteiger partial charge in [-0.2, -0.15) is 0 Å². The van der Waals surface area contributed by atoms with Crippen LogP contribution in [0.15, 0.2) is 102 Å². The zero-order chi connectivity index (χ0) is 23.3. The minimum absolute atomic E-state index is 0.0214. The van der Waals surface area contributed by atoms with Crippen LogP contribution in [0, 0.1) is 0 Å². The first kappa shape index (κ1) is 22.6. The SMILES string of the molecule is S=C1N[C@@H](c2ccccn2)[C@H](c2cccn2-c2cccc(Br)c2)N1CCCNc1ccccc1. The van der Waals surface area contributed by atoms with E-state index in [1.54, 1.807) is 0 Å². The van der Waals surface area contributed by atoms with Crippen molar-refractivity contribution in [2.75, 3.05) is 18.4 Å². The van der Waals surface area contributed by atoms with Gasteiger partial charge in [-0.25, -0.2) is 0 Å². The number of pyridine rings is 1. The van der Waals surface area contributed by atoms with E-state index in [0.29, 0.717) is 0 Å². The van der Waals surface area contributed by atoms with Crippen LogP contribution in [0.1, 0.15) is 29.9 Å². The molecule has 0 aliphatic carbocycles. The van der Waals surface area contributed by atoms with Gasteiger partial charge < -0.3 is 20.1 Å². The lowest BCUT2D eigenvalue weighted by Crippen LogP contribution is -2.32. The van der Waals surface area contributed by atoms with Crippen LogP contribution in [0.3, 0.4) is 0 Å². The van der Waals surface area contributed by atoms with E-state index in [1.165, 1.54) is 5.69 Å². The minimum atomic E-state index is -0.0309. The molecule has 1 saturated heterocycles. The first-order chi connectivity index (χ1) is 16.7. The van der Waals surface area contributed by atoms with Gasteiger partial charge in [0.05, 0.1) is 17.8 Å². The third-order valence-electron chi connectivity index (χ3n) is 6.05. The van der Waals surface area contributed by atoms with Crippen molar-refractivity contribution in [3.05, 3.63) is 113 Å². The summed E-state index contributed by atoms with van der Waals surface area (Å²) in [6, 6.07) is 29.0. The third-order valence-corrected chi connectivity index (χ3v) is 6.89. The Bertz CT molecular complexity index is 1240. The molecule has 0 spiro atoms. The molecule has 3 heterocycles. The molecule has 2 aromatic carbocycles. The second kappa shape index (κ2) is 10.4. The predicted octanol–water partition coefficient (Wildman–Crippen LogP) is 6.11. The molecule has 5 rings (SSSR count). The molecule has 0 amide bonds. The topological polar surface area (TPSA) is 45.1 Å². The number of benzene rings is 2. The predicted molar refractivity (Wildman–Crippen MR) is 145 cm³/mol. The average molecular weight is 533 g/mol. The quantitative estimate of drug-likeness (QED) is 0.212. The molecular formula is C27H26BrN5S. The summed E-state index contributed by atoms with van der Waals surface area (Å²) in [6.07, 6.45) is 4.92. The molecule has 4 aromatic rings. The molecule has 0 saturated carbocycles. The number of nitrogens with zero attached hydrogens (tertiary/aromatic N) is 3. The standard InChI is InChI=1S/C27H26BrN5S/c28-20-9-6-12-22(19-20)32-17-7-14-24(32)26-25(23-13-4-5-15-30-23)31-27(34)33(26)18-8-16-29-21-10-2-1-3-11-21/h1-7,9-15,17,19,25-26,29H,8,16,18H2,(H,31,34)/t25-,26-/m0/s1. The Labute approximate surface area is 214 Å². The van der Waals surface area contributed by atoms with Crippen molar-refractivity contribution in [1.82, 2.24) is 19.8 Å². The van der Waals surface area contributed by atoms with Crippen molar-refractivity contribution in [2.24, 2.45) is 0 Å². The highest BCUT2D eigenvalue weighted by molar-refractivity contribution is 9.10. The van der Waals surface area contributed by atoms with Gasteiger partial charge in [0.2, 0.25) is 0 Å². The molecule has 2 aromatic heterocycles. The van der Waals surface area contributed by atoms with Crippen LogP contribution in [0.2, 0.25) is 0 Å². The summed E-state index contributed by atoms with van der Waals surface area (Å²) < 4.78 is 3.30. The van der Waals surface area contributed by atoms with Gasteiger partial charge in [0.1, 0.15) is 0 Å². The molecule has 2 N–H and O–H groups in total. The zero-order valence-electron chi connectivity index (χ0n) is 18.6. The Balaban J connectivity index is 1.43. The number of thiocarbonyl (C=S) groups is 1. The Morgan fingerprint density at radius 2 is 1.82 bits per heavy atom. The van der Waals surface area contributed by atoms with Gasteiger partial charge in [-0.3, -0.25) is 4.98 Å². The van der Waals surface area contributed by atoms with Gasteiger partial charge >= 0.3 is 0 Å². The van der Waals surface area contributed by atoms with E-state index in [1.807, 2.05) is 42.6 Å². The van der Waals surface area contributed by atoms with Gasteiger partial charge in [-0.05, 0) is 73.2 Å². The highest BCUT2D eigenvalue weighted by atomic mass is 79.9. The first-order valence-corrected chi connectivity index (χ1v) is 12.6. The van der Waals surface area contributed by atoms with Gasteiger partial charge in [0, 0.05) is 47.0 Å². The van der Waals surface area contributed by atoms with E-state index in [0.717, 1.165) is 46.2 Å². The van der Waals surface area contributed by atoms with Crippen molar-refractivity contribution in [2.45, 2.75) is 18.5 Å². The third kappa shape index (κ3) is 4.86. The van der Waals surface area contributed by atoms with E-state index >= 15 is 0 Å². The summed E-state index contributed by atoms with van der Waals surface area (Å²) in [6.45, 7) is 1.71. The van der Waals surface area contributed by atoms with Crippen LogP contribution in [-0.4, -0.2) is 32.7 Å². The fraction of sp³-hybridized carbons (Fsp3) is 0.185. The Kier molecular flexibility index (Phi) is 6.92. The summed E-state index contributed by atoms with van der Waals surface area (Å²) in [7, 11) is 0. The minimum Gasteiger partial charge on any atom is -0.385 e. The molecule has 1 aliphatic heterocycles. The Morgan fingerprint density at radius 1 is 0.971 bits per heavy atom. The van der Waals surface area contributed by atoms with Crippen molar-refractivity contribution < 1.29 is 0 Å². The molecule has 5 nitrogen and oxygen atoms in total. The van der Waals surface area contributed by atoms with E-state index in [2.05, 4.69) is 95.7 Å². The van der Waals surface area contributed by atoms with Gasteiger partial charge in [-0.15, -0.1) is 0 Å². The lowest BCUT2D eigenvalue weighted by atomic mass is 10.0. The molecule has 34 heavy (non-hydrogen) atoms. The number of halogens is 1. The lowest BCUT2D eigenvalue weighted by Gasteiger charge is -2.29. The Morgan fingerprint density at radius 3 is 2.62 bits per heavy atom. The maximum atomic E-state index is 5.84. The summed E-state index contributed by atoms with van der Waals surface area (Å²) >= 11 is 9.46. The summed E-state index contributed by atoms with van der Waals surface area (Å²) in [4.78, 5) is 6.98. The lowest BCUT2D eigenvalue weighted by molar-refractivity contribution is 0.307. The molecule has 0 unspecified atom stereocenters. The van der Waals surface area contributed by atoms with Gasteiger partial charge in [-0.1, -0.05) is 46.3 Å².